The molecule has 0 aliphatic heterocycles. The summed E-state index contributed by atoms with van der Waals surface area (Å²) in [7, 11) is 0. The third-order valence-corrected chi connectivity index (χ3v) is 6.56. The highest BCUT2D eigenvalue weighted by atomic mass is 35.5. The molecule has 24 heavy (non-hydrogen) atoms. The van der Waals surface area contributed by atoms with Crippen molar-refractivity contribution in [2.24, 2.45) is 0 Å². The van der Waals surface area contributed by atoms with E-state index in [9.17, 15) is 0 Å². The van der Waals surface area contributed by atoms with E-state index in [0.717, 1.165) is 17.9 Å². The van der Waals surface area contributed by atoms with Crippen LogP contribution in [-0.4, -0.2) is 0 Å². The normalized spacial score (nSPS) is 16.3. The van der Waals surface area contributed by atoms with Gasteiger partial charge in [-0.15, -0.1) is 0 Å². The Labute approximate surface area is 151 Å². The second-order valence-corrected chi connectivity index (χ2v) is 8.73. The van der Waals surface area contributed by atoms with Crippen LogP contribution in [0.5, 0.6) is 0 Å². The first-order valence-electron chi connectivity index (χ1n) is 9.38. The van der Waals surface area contributed by atoms with Crippen molar-refractivity contribution < 1.29 is 0 Å². The van der Waals surface area contributed by atoms with Crippen molar-refractivity contribution in [3.63, 3.8) is 0 Å². The molecule has 0 heterocycles. The molecule has 0 aromatic heterocycles. The lowest BCUT2D eigenvalue weighted by atomic mass is 9.75. The number of benzene rings is 2. The molecule has 0 fully saturated rings. The lowest BCUT2D eigenvalue weighted by molar-refractivity contribution is 0.515. The minimum absolute atomic E-state index is 0.157. The number of aryl methyl sites for hydroxylation is 1. The molecular weight excluding hydrogens is 312 g/mol. The number of hydrogen-bond acceptors (Lipinski definition) is 0. The van der Waals surface area contributed by atoms with Gasteiger partial charge in [0.1, 0.15) is 0 Å². The van der Waals surface area contributed by atoms with Gasteiger partial charge < -0.3 is 0 Å². The average molecular weight is 339 g/mol. The van der Waals surface area contributed by atoms with Gasteiger partial charge in [-0.2, -0.15) is 0 Å². The summed E-state index contributed by atoms with van der Waals surface area (Å²) in [4.78, 5) is 0. The van der Waals surface area contributed by atoms with Gasteiger partial charge in [-0.1, -0.05) is 43.6 Å². The Kier molecular flexibility index (Phi) is 4.00. The van der Waals surface area contributed by atoms with Crippen molar-refractivity contribution in [3.8, 4) is 0 Å². The molecular formula is C23H27Cl. The van der Waals surface area contributed by atoms with Crippen LogP contribution >= 0.6 is 11.6 Å². The summed E-state index contributed by atoms with van der Waals surface area (Å²) in [6.07, 6.45) is 8.58. The zero-order valence-electron chi connectivity index (χ0n) is 15.1. The predicted octanol–water partition coefficient (Wildman–Crippen LogP) is 6.15. The summed E-state index contributed by atoms with van der Waals surface area (Å²) in [6, 6.07) is 9.14. The minimum Gasteiger partial charge on any atom is -0.0840 e. The first-order valence-corrected chi connectivity index (χ1v) is 9.76. The van der Waals surface area contributed by atoms with Crippen molar-refractivity contribution in [1.29, 1.82) is 0 Å². The van der Waals surface area contributed by atoms with Gasteiger partial charge in [-0.25, -0.2) is 0 Å². The van der Waals surface area contributed by atoms with Gasteiger partial charge in [0.05, 0.1) is 0 Å². The smallest absolute Gasteiger partial charge is 0.0440 e. The maximum atomic E-state index is 6.45. The van der Waals surface area contributed by atoms with Crippen LogP contribution in [0.25, 0.3) is 0 Å². The summed E-state index contributed by atoms with van der Waals surface area (Å²) in [5.41, 5.74) is 11.0. The second-order valence-electron chi connectivity index (χ2n) is 8.32. The van der Waals surface area contributed by atoms with E-state index in [1.807, 2.05) is 0 Å². The molecule has 0 nitrogen and oxygen atoms in total. The van der Waals surface area contributed by atoms with Gasteiger partial charge in [-0.05, 0) is 102 Å². The highest BCUT2D eigenvalue weighted by molar-refractivity contribution is 6.31. The lowest BCUT2D eigenvalue weighted by Gasteiger charge is -2.29. The minimum atomic E-state index is 0.157. The van der Waals surface area contributed by atoms with Crippen LogP contribution in [-0.2, 0) is 37.5 Å². The van der Waals surface area contributed by atoms with Crippen molar-refractivity contribution in [3.05, 3.63) is 68.2 Å². The van der Waals surface area contributed by atoms with E-state index in [1.165, 1.54) is 54.4 Å². The van der Waals surface area contributed by atoms with E-state index in [-0.39, 0.29) is 5.41 Å². The van der Waals surface area contributed by atoms with Crippen LogP contribution in [0.3, 0.4) is 0 Å². The molecule has 2 aromatic rings. The van der Waals surface area contributed by atoms with Crippen LogP contribution in [0.1, 0.15) is 65.6 Å². The molecule has 0 N–H and O–H groups in total. The predicted molar refractivity (Wildman–Crippen MR) is 103 cm³/mol. The van der Waals surface area contributed by atoms with Crippen LogP contribution in [0.2, 0.25) is 5.02 Å². The van der Waals surface area contributed by atoms with Crippen molar-refractivity contribution in [1.82, 2.24) is 0 Å². The summed E-state index contributed by atoms with van der Waals surface area (Å²) in [6.45, 7) is 7.09. The van der Waals surface area contributed by atoms with E-state index >= 15 is 0 Å². The largest absolute Gasteiger partial charge is 0.0840 e. The van der Waals surface area contributed by atoms with Gasteiger partial charge in [-0.3, -0.25) is 0 Å². The molecule has 0 unspecified atom stereocenters. The molecule has 0 saturated carbocycles. The fraction of sp³-hybridized carbons (Fsp3) is 0.478. The van der Waals surface area contributed by atoms with E-state index in [2.05, 4.69) is 45.0 Å². The first kappa shape index (κ1) is 16.2. The lowest BCUT2D eigenvalue weighted by Crippen LogP contribution is -2.23. The van der Waals surface area contributed by atoms with E-state index in [0.29, 0.717) is 0 Å². The molecule has 0 amide bonds. The third-order valence-electron chi connectivity index (χ3n) is 6.21. The Morgan fingerprint density at radius 2 is 1.50 bits per heavy atom. The monoisotopic (exact) mass is 338 g/mol. The summed E-state index contributed by atoms with van der Waals surface area (Å²) >= 11 is 6.45. The fourth-order valence-electron chi connectivity index (χ4n) is 4.99. The molecule has 2 aliphatic carbocycles. The summed E-state index contributed by atoms with van der Waals surface area (Å²) in [5, 5.41) is 0.971. The number of hydrogen-bond donors (Lipinski definition) is 0. The second kappa shape index (κ2) is 5.92. The van der Waals surface area contributed by atoms with Gasteiger partial charge in [0, 0.05) is 5.02 Å². The SMILES string of the molecule is Cc1ccc(CC(C)(C)c2ccc(Cl)c3c2CCC3)c2c1CCC2. The molecule has 0 radical (unpaired) electrons. The van der Waals surface area contributed by atoms with Crippen LogP contribution in [0.4, 0.5) is 0 Å². The molecule has 2 aromatic carbocycles. The Hall–Kier alpha value is -1.27. The van der Waals surface area contributed by atoms with Crippen LogP contribution in [0.15, 0.2) is 24.3 Å². The molecule has 126 valence electrons. The average Bonchev–Trinajstić information content (AvgIpc) is 3.19. The first-order chi connectivity index (χ1) is 11.5. The highest BCUT2D eigenvalue weighted by Crippen LogP contribution is 2.40. The Balaban J connectivity index is 1.73. The van der Waals surface area contributed by atoms with Crippen LogP contribution in [0, 0.1) is 6.92 Å². The maximum absolute atomic E-state index is 6.45. The zero-order chi connectivity index (χ0) is 16.9. The molecule has 2 aliphatic rings. The topological polar surface area (TPSA) is 0 Å². The number of rotatable bonds is 3. The Bertz CT molecular complexity index is 798. The van der Waals surface area contributed by atoms with E-state index in [4.69, 9.17) is 11.6 Å². The van der Waals surface area contributed by atoms with Crippen molar-refractivity contribution in [2.75, 3.05) is 0 Å². The molecule has 4 rings (SSSR count). The summed E-state index contributed by atoms with van der Waals surface area (Å²) in [5.74, 6) is 0. The van der Waals surface area contributed by atoms with Crippen LogP contribution < -0.4 is 0 Å². The fourth-order valence-corrected chi connectivity index (χ4v) is 5.26. The molecule has 0 saturated heterocycles. The Morgan fingerprint density at radius 1 is 0.833 bits per heavy atom. The molecule has 0 bridgehead atoms. The van der Waals surface area contributed by atoms with Gasteiger partial charge in [0.2, 0.25) is 0 Å². The van der Waals surface area contributed by atoms with E-state index < -0.39 is 0 Å². The summed E-state index contributed by atoms with van der Waals surface area (Å²) < 4.78 is 0. The van der Waals surface area contributed by atoms with Crippen molar-refractivity contribution >= 4 is 11.6 Å². The molecule has 0 atom stereocenters. The van der Waals surface area contributed by atoms with Crippen molar-refractivity contribution in [2.45, 2.75) is 71.1 Å². The third kappa shape index (κ3) is 2.60. The Morgan fingerprint density at radius 3 is 2.29 bits per heavy atom. The van der Waals surface area contributed by atoms with E-state index in [1.54, 1.807) is 16.7 Å². The van der Waals surface area contributed by atoms with Gasteiger partial charge in [0.15, 0.2) is 0 Å². The maximum Gasteiger partial charge on any atom is 0.0440 e. The van der Waals surface area contributed by atoms with Gasteiger partial charge >= 0.3 is 0 Å². The van der Waals surface area contributed by atoms with Gasteiger partial charge in [0.25, 0.3) is 0 Å². The molecule has 0 spiro atoms. The molecule has 1 heteroatoms. The number of fused-ring (bicyclic) bond motifs is 2. The zero-order valence-corrected chi connectivity index (χ0v) is 15.9. The quantitative estimate of drug-likeness (QED) is 0.630. The standard InChI is InChI=1S/C23H27Cl/c1-15-10-11-16(18-7-4-6-17(15)18)14-23(2,3)21-12-13-22(24)20-9-5-8-19(20)21/h10-13H,4-9,14H2,1-3H3. The highest BCUT2D eigenvalue weighted by Gasteiger charge is 2.30. The number of halogens is 1.